The van der Waals surface area contributed by atoms with Gasteiger partial charge in [-0.2, -0.15) is 10.5 Å². The smallest absolute Gasteiger partial charge is 0.293 e. The molecule has 1 aromatic rings. The van der Waals surface area contributed by atoms with Crippen LogP contribution in [0.2, 0.25) is 0 Å². The van der Waals surface area contributed by atoms with Gasteiger partial charge in [0, 0.05) is 5.92 Å². The van der Waals surface area contributed by atoms with Crippen LogP contribution in [0.3, 0.4) is 0 Å². The number of hydrogen-bond acceptors (Lipinski definition) is 8. The Kier molecular flexibility index (Phi) is 5.44. The number of amidine groups is 1. The Morgan fingerprint density at radius 1 is 1.03 bits per heavy atom. The van der Waals surface area contributed by atoms with Gasteiger partial charge in [0.2, 0.25) is 0 Å². The number of aliphatic imine (C=N–C) groups is 1. The molecular weight excluding hydrogens is 372 g/mol. The van der Waals surface area contributed by atoms with Gasteiger partial charge in [0.15, 0.2) is 16.9 Å². The maximum Gasteiger partial charge on any atom is 0.293 e. The van der Waals surface area contributed by atoms with Crippen molar-refractivity contribution in [2.45, 2.75) is 38.5 Å². The molecule has 3 atom stereocenters. The molecule has 0 amide bonds. The standard InChI is InChI=1S/C21H26N4O4/c1-5-9-28-21(29-10-6-2)20(13-23)17(19(20,12-22)18(24)25-21)14-7-8-15(26-3)16(11-14)27-4/h7-8,11,17H,5-6,9-10H2,1-4H3,(H2,24,25)/t17-,19-,20-/m0/s1. The molecule has 2 N–H and O–H groups in total. The van der Waals surface area contributed by atoms with Crippen LogP contribution in [0, 0.1) is 33.5 Å². The van der Waals surface area contributed by atoms with E-state index in [0.717, 1.165) is 0 Å². The number of ether oxygens (including phenoxy) is 4. The van der Waals surface area contributed by atoms with Crippen molar-refractivity contribution in [1.29, 1.82) is 10.5 Å². The molecule has 0 saturated heterocycles. The van der Waals surface area contributed by atoms with Crippen molar-refractivity contribution in [2.24, 2.45) is 21.6 Å². The lowest BCUT2D eigenvalue weighted by Gasteiger charge is -2.32. The number of nitrogens with zero attached hydrogens (tertiary/aromatic N) is 3. The molecule has 154 valence electrons. The number of methoxy groups -OCH3 is 2. The van der Waals surface area contributed by atoms with E-state index in [0.29, 0.717) is 43.1 Å². The predicted octanol–water partition coefficient (Wildman–Crippen LogP) is 2.70. The third-order valence-corrected chi connectivity index (χ3v) is 5.67. The van der Waals surface area contributed by atoms with Crippen LogP contribution in [0.4, 0.5) is 0 Å². The molecule has 8 heteroatoms. The fourth-order valence-electron chi connectivity index (χ4n) is 4.37. The summed E-state index contributed by atoms with van der Waals surface area (Å²) in [6, 6.07) is 9.90. The zero-order chi connectivity index (χ0) is 21.3. The van der Waals surface area contributed by atoms with Crippen LogP contribution >= 0.6 is 0 Å². The first-order chi connectivity index (χ1) is 14.0. The summed E-state index contributed by atoms with van der Waals surface area (Å²) in [4.78, 5) is 4.41. The zero-order valence-electron chi connectivity index (χ0n) is 17.2. The van der Waals surface area contributed by atoms with Gasteiger partial charge in [0.1, 0.15) is 11.3 Å². The highest BCUT2D eigenvalue weighted by Crippen LogP contribution is 2.82. The molecule has 0 radical (unpaired) electrons. The molecule has 29 heavy (non-hydrogen) atoms. The van der Waals surface area contributed by atoms with Crippen molar-refractivity contribution in [3.8, 4) is 23.6 Å². The van der Waals surface area contributed by atoms with E-state index < -0.39 is 22.7 Å². The summed E-state index contributed by atoms with van der Waals surface area (Å²) < 4.78 is 22.8. The van der Waals surface area contributed by atoms with E-state index in [-0.39, 0.29) is 5.84 Å². The van der Waals surface area contributed by atoms with Gasteiger partial charge >= 0.3 is 0 Å². The van der Waals surface area contributed by atoms with Crippen LogP contribution < -0.4 is 15.2 Å². The van der Waals surface area contributed by atoms with Crippen molar-refractivity contribution >= 4 is 5.84 Å². The largest absolute Gasteiger partial charge is 0.493 e. The molecule has 0 unspecified atom stereocenters. The second kappa shape index (κ2) is 7.55. The molecule has 1 aliphatic carbocycles. The van der Waals surface area contributed by atoms with E-state index in [1.807, 2.05) is 13.8 Å². The third kappa shape index (κ3) is 2.53. The topological polar surface area (TPSA) is 123 Å². The monoisotopic (exact) mass is 398 g/mol. The molecule has 1 fully saturated rings. The maximum absolute atomic E-state index is 10.3. The lowest BCUT2D eigenvalue weighted by Crippen LogP contribution is -2.44. The SMILES string of the molecule is CCCOC1(OCCC)N=C(N)[C@]2(C#N)[C@H](c3ccc(OC)c(OC)c3)[C@]12C#N. The average Bonchev–Trinajstić information content (AvgIpc) is 3.33. The molecule has 1 aliphatic heterocycles. The van der Waals surface area contributed by atoms with Gasteiger partial charge < -0.3 is 24.7 Å². The van der Waals surface area contributed by atoms with Gasteiger partial charge in [-0.1, -0.05) is 19.9 Å². The Morgan fingerprint density at radius 2 is 1.66 bits per heavy atom. The average molecular weight is 398 g/mol. The summed E-state index contributed by atoms with van der Waals surface area (Å²) in [6.07, 6.45) is 1.41. The molecule has 0 bridgehead atoms. The van der Waals surface area contributed by atoms with Crippen molar-refractivity contribution in [1.82, 2.24) is 0 Å². The molecule has 3 rings (SSSR count). The molecule has 1 aromatic carbocycles. The maximum atomic E-state index is 10.3. The highest BCUT2D eigenvalue weighted by atomic mass is 16.7. The zero-order valence-corrected chi connectivity index (χ0v) is 17.2. The van der Waals surface area contributed by atoms with Crippen molar-refractivity contribution < 1.29 is 18.9 Å². The van der Waals surface area contributed by atoms with E-state index in [9.17, 15) is 10.5 Å². The van der Waals surface area contributed by atoms with Crippen LogP contribution in [0.5, 0.6) is 11.5 Å². The summed E-state index contributed by atoms with van der Waals surface area (Å²) in [5, 5.41) is 20.5. The Bertz CT molecular complexity index is 895. The molecule has 2 aliphatic rings. The fourth-order valence-corrected chi connectivity index (χ4v) is 4.37. The molecule has 8 nitrogen and oxygen atoms in total. The quantitative estimate of drug-likeness (QED) is 0.634. The second-order valence-electron chi connectivity index (χ2n) is 7.16. The van der Waals surface area contributed by atoms with Crippen LogP contribution in [0.1, 0.15) is 38.2 Å². The highest BCUT2D eigenvalue weighted by Gasteiger charge is 2.93. The molecule has 1 heterocycles. The molecule has 1 saturated carbocycles. The van der Waals surface area contributed by atoms with Crippen molar-refractivity contribution in [3.63, 3.8) is 0 Å². The number of fused-ring (bicyclic) bond motifs is 1. The minimum atomic E-state index is -1.62. The van der Waals surface area contributed by atoms with Gasteiger partial charge in [0.25, 0.3) is 5.91 Å². The van der Waals surface area contributed by atoms with Gasteiger partial charge in [-0.25, -0.2) is 4.99 Å². The van der Waals surface area contributed by atoms with Gasteiger partial charge in [-0.05, 0) is 30.5 Å². The van der Waals surface area contributed by atoms with E-state index in [1.165, 1.54) is 7.11 Å². The highest BCUT2D eigenvalue weighted by molar-refractivity contribution is 6.00. The Labute approximate surface area is 170 Å². The van der Waals surface area contributed by atoms with E-state index >= 15 is 0 Å². The predicted molar refractivity (Wildman–Crippen MR) is 105 cm³/mol. The molecule has 0 aromatic heterocycles. The van der Waals surface area contributed by atoms with Gasteiger partial charge in [-0.3, -0.25) is 0 Å². The van der Waals surface area contributed by atoms with Crippen LogP contribution in [0.15, 0.2) is 23.2 Å². The Hall–Kier alpha value is -2.81. The van der Waals surface area contributed by atoms with Crippen LogP contribution in [0.25, 0.3) is 0 Å². The minimum Gasteiger partial charge on any atom is -0.493 e. The first kappa shape index (κ1) is 20.9. The number of hydrogen-bond donors (Lipinski definition) is 1. The fraction of sp³-hybridized carbons (Fsp3) is 0.571. The van der Waals surface area contributed by atoms with Crippen molar-refractivity contribution in [2.75, 3.05) is 27.4 Å². The summed E-state index contributed by atoms with van der Waals surface area (Å²) in [5.74, 6) is -1.08. The van der Waals surface area contributed by atoms with Gasteiger partial charge in [0.05, 0.1) is 39.6 Å². The summed E-state index contributed by atoms with van der Waals surface area (Å²) in [7, 11) is 3.08. The summed E-state index contributed by atoms with van der Waals surface area (Å²) in [6.45, 7) is 4.55. The van der Waals surface area contributed by atoms with Crippen molar-refractivity contribution in [3.05, 3.63) is 23.8 Å². The summed E-state index contributed by atoms with van der Waals surface area (Å²) in [5.41, 5.74) is 4.26. The molecule has 0 spiro atoms. The third-order valence-electron chi connectivity index (χ3n) is 5.67. The number of rotatable bonds is 9. The van der Waals surface area contributed by atoms with Gasteiger partial charge in [-0.15, -0.1) is 0 Å². The second-order valence-corrected chi connectivity index (χ2v) is 7.16. The van der Waals surface area contributed by atoms with Crippen LogP contribution in [-0.2, 0) is 9.47 Å². The summed E-state index contributed by atoms with van der Waals surface area (Å²) >= 11 is 0. The Morgan fingerprint density at radius 3 is 2.14 bits per heavy atom. The van der Waals surface area contributed by atoms with E-state index in [4.69, 9.17) is 24.7 Å². The first-order valence-corrected chi connectivity index (χ1v) is 9.66. The lowest BCUT2D eigenvalue weighted by atomic mass is 9.93. The molecular formula is C21H26N4O4. The minimum absolute atomic E-state index is 0.0635. The van der Waals surface area contributed by atoms with E-state index in [2.05, 4.69) is 17.1 Å². The lowest BCUT2D eigenvalue weighted by molar-refractivity contribution is -0.259. The Balaban J connectivity index is 2.17. The normalized spacial score (nSPS) is 28.6. The number of nitrogens with two attached hydrogens (primary N) is 1. The van der Waals surface area contributed by atoms with Crippen LogP contribution in [-0.4, -0.2) is 39.2 Å². The number of benzene rings is 1. The number of nitriles is 2. The van der Waals surface area contributed by atoms with E-state index in [1.54, 1.807) is 25.3 Å². The first-order valence-electron chi connectivity index (χ1n) is 9.66.